The Hall–Kier alpha value is -5.46. The summed E-state index contributed by atoms with van der Waals surface area (Å²) in [6.07, 6.45) is -8.97. The van der Waals surface area contributed by atoms with Crippen LogP contribution in [0.15, 0.2) is 96.6 Å². The Balaban J connectivity index is 1.28. The lowest BCUT2D eigenvalue weighted by atomic mass is 9.51. The van der Waals surface area contributed by atoms with Crippen LogP contribution >= 0.6 is 0 Å². The van der Waals surface area contributed by atoms with Gasteiger partial charge in [-0.1, -0.05) is 66.2 Å². The van der Waals surface area contributed by atoms with Crippen molar-refractivity contribution in [3.05, 3.63) is 113 Å². The molecular formula is C39H28F6N2O5. The molecule has 52 heavy (non-hydrogen) atoms. The molecule has 2 aliphatic carbocycles. The minimum Gasteiger partial charge on any atom is -0.507 e. The van der Waals surface area contributed by atoms with Crippen LogP contribution in [0, 0.1) is 29.1 Å². The molecule has 8 rings (SSSR count). The zero-order chi connectivity index (χ0) is 37.1. The van der Waals surface area contributed by atoms with E-state index in [1.807, 2.05) is 0 Å². The lowest BCUT2D eigenvalue weighted by Gasteiger charge is -2.49. The molecule has 3 fully saturated rings. The molecule has 4 amide bonds. The van der Waals surface area contributed by atoms with Gasteiger partial charge in [0.05, 0.1) is 45.7 Å². The van der Waals surface area contributed by atoms with Crippen molar-refractivity contribution in [2.24, 2.45) is 29.1 Å². The van der Waals surface area contributed by atoms with Crippen molar-refractivity contribution in [1.82, 2.24) is 0 Å². The number of hydrogen-bond donors (Lipinski definition) is 1. The summed E-state index contributed by atoms with van der Waals surface area (Å²) in [4.78, 5) is 58.6. The number of phenols is 1. The molecule has 13 heteroatoms. The van der Waals surface area contributed by atoms with Crippen molar-refractivity contribution >= 4 is 45.8 Å². The number of rotatable bonds is 3. The molecule has 4 aromatic rings. The summed E-state index contributed by atoms with van der Waals surface area (Å²) in [6.45, 7) is 1.64. The average Bonchev–Trinajstić information content (AvgIpc) is 3.47. The second kappa shape index (κ2) is 11.3. The Morgan fingerprint density at radius 3 is 2.00 bits per heavy atom. The van der Waals surface area contributed by atoms with Crippen LogP contribution < -0.4 is 9.80 Å². The lowest BCUT2D eigenvalue weighted by molar-refractivity contribution is -0.143. The van der Waals surface area contributed by atoms with Gasteiger partial charge in [0.25, 0.3) is 0 Å². The zero-order valence-electron chi connectivity index (χ0n) is 27.2. The van der Waals surface area contributed by atoms with Crippen LogP contribution in [0.1, 0.15) is 42.4 Å². The summed E-state index contributed by atoms with van der Waals surface area (Å²) in [5.41, 5.74) is -4.60. The summed E-state index contributed by atoms with van der Waals surface area (Å²) in [5, 5.41) is 12.9. The molecule has 4 aromatic carbocycles. The van der Waals surface area contributed by atoms with Gasteiger partial charge in [-0.15, -0.1) is 0 Å². The second-order valence-electron chi connectivity index (χ2n) is 14.0. The van der Waals surface area contributed by atoms with E-state index in [2.05, 4.69) is 0 Å². The van der Waals surface area contributed by atoms with Crippen molar-refractivity contribution in [1.29, 1.82) is 0 Å². The third kappa shape index (κ3) is 4.73. The number of aromatic hydroxyl groups is 1. The lowest BCUT2D eigenvalue weighted by Crippen LogP contribution is -2.48. The predicted molar refractivity (Wildman–Crippen MR) is 176 cm³/mol. The third-order valence-corrected chi connectivity index (χ3v) is 11.4. The van der Waals surface area contributed by atoms with Crippen molar-refractivity contribution < 1.29 is 50.6 Å². The number of para-hydroxylation sites is 1. The van der Waals surface area contributed by atoms with Gasteiger partial charge in [0.1, 0.15) is 5.75 Å². The van der Waals surface area contributed by atoms with Gasteiger partial charge in [-0.05, 0) is 61.4 Å². The van der Waals surface area contributed by atoms with Crippen LogP contribution in [0.5, 0.6) is 5.75 Å². The van der Waals surface area contributed by atoms with E-state index in [0.717, 1.165) is 4.90 Å². The highest BCUT2D eigenvalue weighted by Gasteiger charge is 2.68. The Morgan fingerprint density at radius 1 is 0.712 bits per heavy atom. The molecule has 2 saturated heterocycles. The van der Waals surface area contributed by atoms with E-state index in [4.69, 9.17) is 0 Å². The fraction of sp³-hybridized carbons (Fsp3) is 0.282. The van der Waals surface area contributed by atoms with Crippen LogP contribution in [0.2, 0.25) is 0 Å². The Labute approximate surface area is 292 Å². The fourth-order valence-electron chi connectivity index (χ4n) is 9.01. The number of fused-ring (bicyclic) bond motifs is 5. The highest BCUT2D eigenvalue weighted by molar-refractivity contribution is 6.25. The van der Waals surface area contributed by atoms with Gasteiger partial charge in [0, 0.05) is 16.9 Å². The van der Waals surface area contributed by atoms with Gasteiger partial charge in [0.15, 0.2) is 0 Å². The minimum absolute atomic E-state index is 0.0783. The molecule has 0 spiro atoms. The van der Waals surface area contributed by atoms with Gasteiger partial charge < -0.3 is 5.11 Å². The first-order chi connectivity index (χ1) is 24.5. The Kier molecular flexibility index (Phi) is 7.30. The number of amides is 4. The monoisotopic (exact) mass is 718 g/mol. The fourth-order valence-corrected chi connectivity index (χ4v) is 9.01. The van der Waals surface area contributed by atoms with E-state index >= 15 is 0 Å². The average molecular weight is 719 g/mol. The molecule has 266 valence electrons. The Bertz CT molecular complexity index is 2220. The maximum absolute atomic E-state index is 14.6. The maximum atomic E-state index is 14.6. The molecule has 6 atom stereocenters. The number of phenolic OH excluding ortho intramolecular Hbond substituents is 1. The van der Waals surface area contributed by atoms with E-state index in [1.165, 1.54) is 0 Å². The normalized spacial score (nSPS) is 27.5. The maximum Gasteiger partial charge on any atom is 0.416 e. The first-order valence-electron chi connectivity index (χ1n) is 16.5. The number of carbonyl (C=O) groups is 4. The van der Waals surface area contributed by atoms with Crippen LogP contribution in [0.4, 0.5) is 37.7 Å². The molecule has 1 saturated carbocycles. The molecule has 0 radical (unpaired) electrons. The van der Waals surface area contributed by atoms with Gasteiger partial charge >= 0.3 is 12.4 Å². The van der Waals surface area contributed by atoms with Crippen molar-refractivity contribution in [3.8, 4) is 5.75 Å². The molecular weight excluding hydrogens is 690 g/mol. The highest BCUT2D eigenvalue weighted by Crippen LogP contribution is 2.65. The van der Waals surface area contributed by atoms with E-state index in [-0.39, 0.29) is 24.7 Å². The number of nitrogens with zero attached hydrogens (tertiary/aromatic N) is 2. The SMILES string of the molecule is C[C@@]12C(=O)N(c3ccccc3)C(=O)[C@@H]1C[C@@H]1C(=CC[C@@H]3C(=O)N(c4cc(C(F)(F)F)cc(C(F)(F)F)c4)C(=O)[C@@H]31)[C@@H]2c1ccc2ccccc2c1O. The topological polar surface area (TPSA) is 95.0 Å². The van der Waals surface area contributed by atoms with Crippen molar-refractivity contribution in [2.45, 2.75) is 38.0 Å². The van der Waals surface area contributed by atoms with Crippen LogP contribution in [-0.2, 0) is 31.5 Å². The van der Waals surface area contributed by atoms with Crippen molar-refractivity contribution in [3.63, 3.8) is 0 Å². The molecule has 2 heterocycles. The number of alkyl halides is 6. The summed E-state index contributed by atoms with van der Waals surface area (Å²) >= 11 is 0. The molecule has 0 unspecified atom stereocenters. The van der Waals surface area contributed by atoms with E-state index < -0.39 is 87.8 Å². The number of carbonyl (C=O) groups excluding carboxylic acids is 4. The molecule has 7 nitrogen and oxygen atoms in total. The van der Waals surface area contributed by atoms with E-state index in [0.29, 0.717) is 44.6 Å². The molecule has 1 N–H and O–H groups in total. The number of benzene rings is 4. The van der Waals surface area contributed by atoms with Crippen LogP contribution in [0.3, 0.4) is 0 Å². The summed E-state index contributed by atoms with van der Waals surface area (Å²) < 4.78 is 82.8. The molecule has 0 bridgehead atoms. The first kappa shape index (κ1) is 33.7. The molecule has 2 aliphatic heterocycles. The zero-order valence-corrected chi connectivity index (χ0v) is 27.2. The van der Waals surface area contributed by atoms with Crippen molar-refractivity contribution in [2.75, 3.05) is 9.80 Å². The van der Waals surface area contributed by atoms with E-state index in [9.17, 15) is 50.6 Å². The smallest absolute Gasteiger partial charge is 0.416 e. The molecule has 4 aliphatic rings. The highest BCUT2D eigenvalue weighted by atomic mass is 19.4. The van der Waals surface area contributed by atoms with Gasteiger partial charge in [-0.2, -0.15) is 26.3 Å². The first-order valence-corrected chi connectivity index (χ1v) is 16.5. The second-order valence-corrected chi connectivity index (χ2v) is 14.0. The quantitative estimate of drug-likeness (QED) is 0.132. The predicted octanol–water partition coefficient (Wildman–Crippen LogP) is 8.02. The number of hydrogen-bond acceptors (Lipinski definition) is 5. The summed E-state index contributed by atoms with van der Waals surface area (Å²) in [7, 11) is 0. The number of imide groups is 2. The number of halogens is 6. The van der Waals surface area contributed by atoms with Gasteiger partial charge in [-0.3, -0.25) is 19.2 Å². The number of anilines is 2. The standard InChI is InChI=1S/C39H28F6N2O5/c1-37-29(34(50)47(36(37)52)22-8-3-2-4-9-22)18-28-25(31(37)27-12-11-19-7-5-6-10-24(19)32(27)48)13-14-26-30(28)35(51)46(33(26)49)23-16-20(38(40,41)42)15-21(17-23)39(43,44)45/h2-13,15-17,26,28-31,48H,14,18H2,1H3/t26-,28+,29-,30-,31+,37+/m0/s1. The van der Waals surface area contributed by atoms with E-state index in [1.54, 1.807) is 79.7 Å². The number of allylic oxidation sites excluding steroid dienone is 2. The van der Waals surface area contributed by atoms with Gasteiger partial charge in [0.2, 0.25) is 23.6 Å². The minimum atomic E-state index is -5.22. The largest absolute Gasteiger partial charge is 0.507 e. The molecule has 0 aromatic heterocycles. The van der Waals surface area contributed by atoms with Crippen LogP contribution in [0.25, 0.3) is 10.8 Å². The Morgan fingerprint density at radius 2 is 1.35 bits per heavy atom. The van der Waals surface area contributed by atoms with Gasteiger partial charge in [-0.25, -0.2) is 9.80 Å². The third-order valence-electron chi connectivity index (χ3n) is 11.4. The summed E-state index contributed by atoms with van der Waals surface area (Å²) in [6, 6.07) is 19.3. The van der Waals surface area contributed by atoms with Crippen LogP contribution in [-0.4, -0.2) is 28.7 Å². The summed E-state index contributed by atoms with van der Waals surface area (Å²) in [5.74, 6) is -8.61.